The molecule has 0 saturated carbocycles. The van der Waals surface area contributed by atoms with Gasteiger partial charge in [-0.25, -0.2) is 0 Å². The highest BCUT2D eigenvalue weighted by Gasteiger charge is 2.40. The Morgan fingerprint density at radius 1 is 0.925 bits per heavy atom. The molecule has 6 heteroatoms. The number of hydrogen-bond donors (Lipinski definition) is 0. The molecule has 3 aromatic rings. The van der Waals surface area contributed by atoms with Gasteiger partial charge < -0.3 is 9.16 Å². The van der Waals surface area contributed by atoms with Gasteiger partial charge in [0, 0.05) is 31.7 Å². The van der Waals surface area contributed by atoms with Crippen LogP contribution in [0.4, 0.5) is 0 Å². The first-order valence-electron chi connectivity index (χ1n) is 14.3. The van der Waals surface area contributed by atoms with Gasteiger partial charge in [-0.2, -0.15) is 5.26 Å². The van der Waals surface area contributed by atoms with Gasteiger partial charge in [0.05, 0.1) is 24.8 Å². The van der Waals surface area contributed by atoms with E-state index in [1.54, 1.807) is 7.11 Å². The van der Waals surface area contributed by atoms with Crippen molar-refractivity contribution in [3.8, 4) is 17.6 Å². The van der Waals surface area contributed by atoms with E-state index in [1.807, 2.05) is 30.3 Å². The van der Waals surface area contributed by atoms with Crippen molar-refractivity contribution in [1.29, 1.82) is 5.26 Å². The molecule has 3 atom stereocenters. The van der Waals surface area contributed by atoms with Crippen molar-refractivity contribution < 1.29 is 9.16 Å². The summed E-state index contributed by atoms with van der Waals surface area (Å²) < 4.78 is 12.1. The van der Waals surface area contributed by atoms with Crippen LogP contribution in [0.5, 0.6) is 11.5 Å². The second-order valence-corrected chi connectivity index (χ2v) is 17.4. The molecule has 1 aliphatic rings. The number of ether oxygens (including phenoxy) is 1. The first kappa shape index (κ1) is 29.9. The van der Waals surface area contributed by atoms with E-state index in [0.717, 1.165) is 42.3 Å². The summed E-state index contributed by atoms with van der Waals surface area (Å²) in [5.41, 5.74) is 4.23. The summed E-state index contributed by atoms with van der Waals surface area (Å²) in [5.74, 6) is 1.80. The van der Waals surface area contributed by atoms with E-state index in [4.69, 9.17) is 9.16 Å². The Kier molecular flexibility index (Phi) is 9.09. The van der Waals surface area contributed by atoms with Crippen LogP contribution in [0.3, 0.4) is 0 Å². The monoisotopic (exact) mass is 555 g/mol. The fraction of sp³-hybridized carbons (Fsp3) is 0.441. The van der Waals surface area contributed by atoms with Crippen LogP contribution in [0.2, 0.25) is 18.1 Å². The van der Waals surface area contributed by atoms with Gasteiger partial charge in [-0.15, -0.1) is 0 Å². The molecule has 1 heterocycles. The third-order valence-corrected chi connectivity index (χ3v) is 13.1. The number of hydrogen-bond acceptors (Lipinski definition) is 5. The lowest BCUT2D eigenvalue weighted by Crippen LogP contribution is -2.56. The minimum atomic E-state index is -2.00. The van der Waals surface area contributed by atoms with Gasteiger partial charge in [0.1, 0.15) is 11.5 Å². The summed E-state index contributed by atoms with van der Waals surface area (Å²) in [6.07, 6.45) is 0. The van der Waals surface area contributed by atoms with E-state index in [9.17, 15) is 5.26 Å². The first-order valence-corrected chi connectivity index (χ1v) is 17.2. The Morgan fingerprint density at radius 2 is 1.62 bits per heavy atom. The normalized spacial score (nSPS) is 19.6. The Morgan fingerprint density at radius 3 is 2.27 bits per heavy atom. The van der Waals surface area contributed by atoms with Crippen LogP contribution in [0.15, 0.2) is 72.8 Å². The molecule has 4 rings (SSSR count). The molecule has 0 N–H and O–H groups in total. The molecule has 0 amide bonds. The summed E-state index contributed by atoms with van der Waals surface area (Å²) in [7, 11) is -0.295. The molecule has 1 aliphatic heterocycles. The summed E-state index contributed by atoms with van der Waals surface area (Å²) in [5, 5.41) is 10.2. The van der Waals surface area contributed by atoms with E-state index >= 15 is 0 Å². The number of benzene rings is 3. The minimum Gasteiger partial charge on any atom is -0.543 e. The maximum Gasteiger partial charge on any atom is 0.250 e. The molecule has 5 nitrogen and oxygen atoms in total. The van der Waals surface area contributed by atoms with Crippen LogP contribution in [0.25, 0.3) is 0 Å². The van der Waals surface area contributed by atoms with Gasteiger partial charge in [-0.3, -0.25) is 9.80 Å². The third kappa shape index (κ3) is 6.60. The highest BCUT2D eigenvalue weighted by Crippen LogP contribution is 2.40. The lowest BCUT2D eigenvalue weighted by molar-refractivity contribution is 0.0194. The second kappa shape index (κ2) is 12.2. The Labute approximate surface area is 242 Å². The largest absolute Gasteiger partial charge is 0.543 e. The summed E-state index contributed by atoms with van der Waals surface area (Å²) >= 11 is 0. The standard InChI is InChI=1S/C34H45N3O2Si/c1-25-23-37(26(2)22-36(25)24-27-16-18-30(38-6)19-17-27)33(32-15-10-9-12-29(32)21-35)28-13-11-14-31(20-28)39-40(7,8)34(3,4)5/h9-20,25-26,33H,22-24H2,1-8H3/t25-,26+,33-/m1/s1. The van der Waals surface area contributed by atoms with Crippen LogP contribution in [0, 0.1) is 11.3 Å². The Balaban J connectivity index is 1.66. The average molecular weight is 556 g/mol. The molecule has 0 aromatic heterocycles. The van der Waals surface area contributed by atoms with Gasteiger partial charge >= 0.3 is 0 Å². The smallest absolute Gasteiger partial charge is 0.250 e. The molecule has 3 aromatic carbocycles. The van der Waals surface area contributed by atoms with Crippen molar-refractivity contribution in [2.45, 2.75) is 77.4 Å². The van der Waals surface area contributed by atoms with Crippen molar-refractivity contribution in [3.63, 3.8) is 0 Å². The molecule has 40 heavy (non-hydrogen) atoms. The van der Waals surface area contributed by atoms with Crippen molar-refractivity contribution in [1.82, 2.24) is 9.80 Å². The Bertz CT molecular complexity index is 1330. The fourth-order valence-electron chi connectivity index (χ4n) is 5.35. The Hall–Kier alpha value is -3.11. The molecule has 0 radical (unpaired) electrons. The molecule has 212 valence electrons. The molecule has 0 spiro atoms. The summed E-state index contributed by atoms with van der Waals surface area (Å²) in [6, 6.07) is 28.1. The molecular weight excluding hydrogens is 510 g/mol. The van der Waals surface area contributed by atoms with Gasteiger partial charge in [0.2, 0.25) is 8.32 Å². The van der Waals surface area contributed by atoms with Gasteiger partial charge in [-0.1, -0.05) is 63.2 Å². The second-order valence-electron chi connectivity index (χ2n) is 12.7. The summed E-state index contributed by atoms with van der Waals surface area (Å²) in [4.78, 5) is 5.14. The van der Waals surface area contributed by atoms with Crippen molar-refractivity contribution >= 4 is 8.32 Å². The van der Waals surface area contributed by atoms with E-state index < -0.39 is 8.32 Å². The molecule has 0 bridgehead atoms. The zero-order valence-electron chi connectivity index (χ0n) is 25.4. The van der Waals surface area contributed by atoms with E-state index in [2.05, 4.69) is 106 Å². The predicted octanol–water partition coefficient (Wildman–Crippen LogP) is 7.64. The number of methoxy groups -OCH3 is 1. The molecule has 1 fully saturated rings. The maximum absolute atomic E-state index is 10.1. The molecule has 0 aliphatic carbocycles. The highest BCUT2D eigenvalue weighted by molar-refractivity contribution is 6.74. The van der Waals surface area contributed by atoms with Crippen LogP contribution in [0.1, 0.15) is 62.9 Å². The lowest BCUT2D eigenvalue weighted by atomic mass is 9.90. The number of piperazine rings is 1. The van der Waals surface area contributed by atoms with E-state index in [-0.39, 0.29) is 17.1 Å². The molecule has 1 saturated heterocycles. The predicted molar refractivity (Wildman–Crippen MR) is 166 cm³/mol. The van der Waals surface area contributed by atoms with Crippen molar-refractivity contribution in [2.75, 3.05) is 20.2 Å². The van der Waals surface area contributed by atoms with Crippen molar-refractivity contribution in [2.24, 2.45) is 0 Å². The number of nitriles is 1. The number of nitrogens with zero attached hydrogens (tertiary/aromatic N) is 3. The first-order chi connectivity index (χ1) is 18.9. The van der Waals surface area contributed by atoms with Crippen LogP contribution in [-0.2, 0) is 6.54 Å². The zero-order valence-corrected chi connectivity index (χ0v) is 26.4. The quantitative estimate of drug-likeness (QED) is 0.267. The van der Waals surface area contributed by atoms with Gasteiger partial charge in [-0.05, 0) is 79.0 Å². The van der Waals surface area contributed by atoms with Crippen LogP contribution in [-0.4, -0.2) is 50.4 Å². The summed E-state index contributed by atoms with van der Waals surface area (Å²) in [6.45, 7) is 18.7. The van der Waals surface area contributed by atoms with Crippen molar-refractivity contribution in [3.05, 3.63) is 95.1 Å². The highest BCUT2D eigenvalue weighted by atomic mass is 28.4. The van der Waals surface area contributed by atoms with Crippen LogP contribution >= 0.6 is 0 Å². The zero-order chi connectivity index (χ0) is 29.1. The third-order valence-electron chi connectivity index (χ3n) is 8.77. The SMILES string of the molecule is COc1ccc(CN2C[C@H](C)N([C@H](c3cccc(O[Si](C)(C)C(C)(C)C)c3)c3ccccc3C#N)C[C@H]2C)cc1. The molecular formula is C34H45N3O2Si. The number of rotatable bonds is 8. The lowest BCUT2D eigenvalue weighted by Gasteiger charge is -2.48. The van der Waals surface area contributed by atoms with Crippen LogP contribution < -0.4 is 9.16 Å². The minimum absolute atomic E-state index is 0.0422. The topological polar surface area (TPSA) is 48.7 Å². The van der Waals surface area contributed by atoms with E-state index in [1.165, 1.54) is 11.1 Å². The van der Waals surface area contributed by atoms with Gasteiger partial charge in [0.25, 0.3) is 0 Å². The maximum atomic E-state index is 10.1. The average Bonchev–Trinajstić information content (AvgIpc) is 2.91. The fourth-order valence-corrected chi connectivity index (χ4v) is 6.38. The van der Waals surface area contributed by atoms with E-state index in [0.29, 0.717) is 6.04 Å². The molecule has 0 unspecified atom stereocenters. The van der Waals surface area contributed by atoms with Gasteiger partial charge in [0.15, 0.2) is 0 Å².